The summed E-state index contributed by atoms with van der Waals surface area (Å²) >= 11 is 17.0. The molecule has 0 spiro atoms. The van der Waals surface area contributed by atoms with Crippen LogP contribution in [0.3, 0.4) is 0 Å². The molecular weight excluding hydrogens is 575 g/mol. The number of hydrogen-bond donors (Lipinski definition) is 0. The van der Waals surface area contributed by atoms with Gasteiger partial charge in [0.25, 0.3) is 0 Å². The molecule has 4 aromatic rings. The van der Waals surface area contributed by atoms with Gasteiger partial charge >= 0.3 is 0 Å². The van der Waals surface area contributed by atoms with Gasteiger partial charge in [0.15, 0.2) is 5.16 Å². The van der Waals surface area contributed by atoms with E-state index < -0.39 is 5.25 Å². The summed E-state index contributed by atoms with van der Waals surface area (Å²) < 4.78 is 8.75. The van der Waals surface area contributed by atoms with Gasteiger partial charge in [0.1, 0.15) is 23.4 Å². The Hall–Kier alpha value is -2.59. The Balaban J connectivity index is 1.68. The average Bonchev–Trinajstić information content (AvgIpc) is 3.18. The van der Waals surface area contributed by atoms with Gasteiger partial charge in [-0.2, -0.15) is 0 Å². The minimum atomic E-state index is -0.593. The third-order valence-electron chi connectivity index (χ3n) is 5.09. The Morgan fingerprint density at radius 3 is 2.60 bits per heavy atom. The summed E-state index contributed by atoms with van der Waals surface area (Å²) in [6, 6.07) is 20.2. The minimum Gasteiger partial charge on any atom is -0.489 e. The molecule has 0 unspecified atom stereocenters. The molecule has 4 rings (SSSR count). The summed E-state index contributed by atoms with van der Waals surface area (Å²) in [5.41, 5.74) is 2.29. The first kappa shape index (κ1) is 25.5. The number of ether oxygens (including phenoxy) is 1. The van der Waals surface area contributed by atoms with Crippen LogP contribution in [-0.4, -0.2) is 26.2 Å². The van der Waals surface area contributed by atoms with Crippen LogP contribution < -0.4 is 4.74 Å². The van der Waals surface area contributed by atoms with E-state index in [1.54, 1.807) is 24.3 Å². The van der Waals surface area contributed by atoms with Crippen molar-refractivity contribution in [3.8, 4) is 11.4 Å². The molecule has 180 valence electrons. The van der Waals surface area contributed by atoms with Crippen LogP contribution in [0.5, 0.6) is 5.75 Å². The van der Waals surface area contributed by atoms with E-state index in [9.17, 15) is 10.1 Å². The van der Waals surface area contributed by atoms with Crippen molar-refractivity contribution in [1.29, 1.82) is 0 Å². The van der Waals surface area contributed by atoms with Crippen molar-refractivity contribution < 1.29 is 9.66 Å². The monoisotopic (exact) mass is 592 g/mol. The third kappa shape index (κ3) is 6.35. The molecule has 3 aromatic carbocycles. The van der Waals surface area contributed by atoms with Crippen molar-refractivity contribution in [2.75, 3.05) is 6.54 Å². The van der Waals surface area contributed by atoms with Crippen LogP contribution in [0.2, 0.25) is 10.0 Å². The normalized spacial score (nSPS) is 11.9. The number of hydrogen-bond acceptors (Lipinski definition) is 6. The predicted octanol–water partition coefficient (Wildman–Crippen LogP) is 7.33. The minimum absolute atomic E-state index is 0.180. The van der Waals surface area contributed by atoms with Crippen LogP contribution in [0.4, 0.5) is 0 Å². The maximum Gasteiger partial charge on any atom is 0.220 e. The summed E-state index contributed by atoms with van der Waals surface area (Å²) in [6.07, 6.45) is 0. The summed E-state index contributed by atoms with van der Waals surface area (Å²) in [5, 5.41) is 21.1. The van der Waals surface area contributed by atoms with Gasteiger partial charge in [-0.05, 0) is 49.4 Å². The third-order valence-corrected chi connectivity index (χ3v) is 7.33. The molecule has 1 atom stereocenters. The molecule has 0 aliphatic carbocycles. The van der Waals surface area contributed by atoms with Crippen LogP contribution in [0.25, 0.3) is 5.69 Å². The maximum absolute atomic E-state index is 11.7. The lowest BCUT2D eigenvalue weighted by atomic mass is 10.1. The van der Waals surface area contributed by atoms with Crippen molar-refractivity contribution in [3.63, 3.8) is 0 Å². The second-order valence-electron chi connectivity index (χ2n) is 7.53. The van der Waals surface area contributed by atoms with Gasteiger partial charge < -0.3 is 4.74 Å². The fourth-order valence-corrected chi connectivity index (χ4v) is 5.49. The van der Waals surface area contributed by atoms with E-state index in [-0.39, 0.29) is 18.1 Å². The number of benzene rings is 3. The zero-order chi connectivity index (χ0) is 24.9. The number of nitrogens with zero attached hydrogens (tertiary/aromatic N) is 4. The number of aryl methyl sites for hydroxylation is 1. The molecule has 0 bridgehead atoms. The van der Waals surface area contributed by atoms with E-state index in [2.05, 4.69) is 26.1 Å². The lowest BCUT2D eigenvalue weighted by Crippen LogP contribution is -2.13. The van der Waals surface area contributed by atoms with Gasteiger partial charge in [-0.1, -0.05) is 75.2 Å². The molecule has 35 heavy (non-hydrogen) atoms. The van der Waals surface area contributed by atoms with E-state index >= 15 is 0 Å². The highest BCUT2D eigenvalue weighted by Crippen LogP contribution is 2.41. The smallest absolute Gasteiger partial charge is 0.220 e. The van der Waals surface area contributed by atoms with E-state index in [1.165, 1.54) is 11.8 Å². The SMILES string of the molecule is Cc1nnc(S[C@H](C[N+](=O)[O-])c2cc(Br)ccc2OCc2ccc(Cl)cc2Cl)n1-c1ccccc1. The molecular formula is C24H19BrCl2N4O3S. The van der Waals surface area contributed by atoms with Crippen LogP contribution >= 0.6 is 50.9 Å². The number of rotatable bonds is 9. The number of para-hydroxylation sites is 1. The first-order valence-electron chi connectivity index (χ1n) is 10.4. The number of thioether (sulfide) groups is 1. The van der Waals surface area contributed by atoms with Gasteiger partial charge in [0, 0.05) is 36.3 Å². The Labute approximate surface area is 224 Å². The van der Waals surface area contributed by atoms with Crippen molar-refractivity contribution in [2.24, 2.45) is 0 Å². The molecule has 0 saturated carbocycles. The molecule has 0 amide bonds. The summed E-state index contributed by atoms with van der Waals surface area (Å²) in [6.45, 7) is 1.69. The van der Waals surface area contributed by atoms with Gasteiger partial charge in [-0.15, -0.1) is 10.2 Å². The molecule has 1 aromatic heterocycles. The summed E-state index contributed by atoms with van der Waals surface area (Å²) in [7, 11) is 0. The number of halogens is 3. The van der Waals surface area contributed by atoms with Gasteiger partial charge in [0.2, 0.25) is 6.54 Å². The Kier molecular flexibility index (Phi) is 8.33. The van der Waals surface area contributed by atoms with Crippen molar-refractivity contribution >= 4 is 50.9 Å². The maximum atomic E-state index is 11.7. The van der Waals surface area contributed by atoms with Crippen molar-refractivity contribution in [2.45, 2.75) is 23.9 Å². The highest BCUT2D eigenvalue weighted by molar-refractivity contribution is 9.10. The quantitative estimate of drug-likeness (QED) is 0.115. The summed E-state index contributed by atoms with van der Waals surface area (Å²) in [5.74, 6) is 1.20. The first-order chi connectivity index (χ1) is 16.8. The Morgan fingerprint density at radius 1 is 1.11 bits per heavy atom. The molecule has 0 aliphatic heterocycles. The van der Waals surface area contributed by atoms with Gasteiger partial charge in [-0.25, -0.2) is 0 Å². The van der Waals surface area contributed by atoms with Crippen LogP contribution in [0.1, 0.15) is 22.2 Å². The second kappa shape index (κ2) is 11.4. The Bertz CT molecular complexity index is 1350. The molecule has 11 heteroatoms. The molecule has 7 nitrogen and oxygen atoms in total. The highest BCUT2D eigenvalue weighted by atomic mass is 79.9. The van der Waals surface area contributed by atoms with Gasteiger partial charge in [0.05, 0.1) is 0 Å². The van der Waals surface area contributed by atoms with E-state index in [1.807, 2.05) is 54.0 Å². The zero-order valence-corrected chi connectivity index (χ0v) is 22.3. The van der Waals surface area contributed by atoms with Crippen LogP contribution in [0.15, 0.2) is 76.4 Å². The topological polar surface area (TPSA) is 83.1 Å². The lowest BCUT2D eigenvalue weighted by molar-refractivity contribution is -0.479. The van der Waals surface area contributed by atoms with Crippen molar-refractivity contribution in [3.05, 3.63) is 108 Å². The van der Waals surface area contributed by atoms with Crippen LogP contribution in [-0.2, 0) is 6.61 Å². The van der Waals surface area contributed by atoms with Crippen molar-refractivity contribution in [1.82, 2.24) is 14.8 Å². The van der Waals surface area contributed by atoms with E-state index in [0.29, 0.717) is 32.3 Å². The van der Waals surface area contributed by atoms with E-state index in [0.717, 1.165) is 15.7 Å². The fraction of sp³-hybridized carbons (Fsp3) is 0.167. The molecule has 0 fully saturated rings. The predicted molar refractivity (Wildman–Crippen MR) is 141 cm³/mol. The molecule has 0 radical (unpaired) electrons. The average molecular weight is 594 g/mol. The number of nitro groups is 1. The summed E-state index contributed by atoms with van der Waals surface area (Å²) in [4.78, 5) is 11.3. The lowest BCUT2D eigenvalue weighted by Gasteiger charge is -2.18. The standard InChI is InChI=1S/C24H19BrCl2N4O3S/c1-15-28-29-24(31(15)19-5-3-2-4-6-19)35-23(13-30(32)33)20-11-17(25)8-10-22(20)34-14-16-7-9-18(26)12-21(16)27/h2-12,23H,13-14H2,1H3/t23-/m1/s1. The fourth-order valence-electron chi connectivity index (χ4n) is 3.45. The molecule has 1 heterocycles. The second-order valence-corrected chi connectivity index (χ2v) is 10.5. The molecule has 0 N–H and O–H groups in total. The first-order valence-corrected chi connectivity index (χ1v) is 12.9. The Morgan fingerprint density at radius 2 is 1.89 bits per heavy atom. The van der Waals surface area contributed by atoms with E-state index in [4.69, 9.17) is 27.9 Å². The van der Waals surface area contributed by atoms with Gasteiger partial charge in [-0.3, -0.25) is 14.7 Å². The number of aromatic nitrogens is 3. The molecule has 0 aliphatic rings. The zero-order valence-electron chi connectivity index (χ0n) is 18.4. The highest BCUT2D eigenvalue weighted by Gasteiger charge is 2.27. The van der Waals surface area contributed by atoms with Crippen LogP contribution in [0, 0.1) is 17.0 Å². The molecule has 0 saturated heterocycles. The largest absolute Gasteiger partial charge is 0.489 e.